The maximum Gasteiger partial charge on any atom is 0.147 e. The second-order valence-corrected chi connectivity index (χ2v) is 7.41. The van der Waals surface area contributed by atoms with E-state index in [9.17, 15) is 8.42 Å². The molecule has 4 nitrogen and oxygen atoms in total. The smallest absolute Gasteiger partial charge is 0.147 e. The van der Waals surface area contributed by atoms with Crippen LogP contribution in [0.4, 0.5) is 0 Å². The van der Waals surface area contributed by atoms with Gasteiger partial charge in [0.15, 0.2) is 0 Å². The zero-order chi connectivity index (χ0) is 11.6. The molecule has 2 unspecified atom stereocenters. The first kappa shape index (κ1) is 12.3. The summed E-state index contributed by atoms with van der Waals surface area (Å²) in [5.74, 6) is 1.13. The average molecular weight is 246 g/mol. The fourth-order valence-electron chi connectivity index (χ4n) is 2.97. The van der Waals surface area contributed by atoms with Crippen molar-refractivity contribution in [3.63, 3.8) is 0 Å². The van der Waals surface area contributed by atoms with Crippen molar-refractivity contribution >= 4 is 9.84 Å². The first-order valence-corrected chi connectivity index (χ1v) is 8.25. The molecule has 2 fully saturated rings. The van der Waals surface area contributed by atoms with Crippen LogP contribution in [0.15, 0.2) is 0 Å². The average Bonchev–Trinajstić information content (AvgIpc) is 2.64. The second-order valence-electron chi connectivity index (χ2n) is 5.15. The Kier molecular flexibility index (Phi) is 3.87. The highest BCUT2D eigenvalue weighted by Gasteiger charge is 2.34. The number of likely N-dealkylation sites (tertiary alicyclic amines) is 1. The summed E-state index contributed by atoms with van der Waals surface area (Å²) in [5, 5.41) is 3.44. The van der Waals surface area contributed by atoms with Crippen LogP contribution >= 0.6 is 0 Å². The van der Waals surface area contributed by atoms with Crippen molar-refractivity contribution in [1.29, 1.82) is 0 Å². The van der Waals surface area contributed by atoms with Gasteiger partial charge in [0.05, 0.1) is 5.75 Å². The van der Waals surface area contributed by atoms with Crippen LogP contribution in [0.25, 0.3) is 0 Å². The van der Waals surface area contributed by atoms with Crippen LogP contribution in [0.2, 0.25) is 0 Å². The third-order valence-electron chi connectivity index (χ3n) is 3.75. The molecule has 0 aromatic rings. The van der Waals surface area contributed by atoms with Crippen LogP contribution in [0, 0.1) is 5.92 Å². The first-order chi connectivity index (χ1) is 7.56. The molecule has 0 amide bonds. The molecule has 2 aliphatic rings. The van der Waals surface area contributed by atoms with E-state index in [4.69, 9.17) is 0 Å². The molecule has 0 aromatic heterocycles. The minimum Gasteiger partial charge on any atom is -0.315 e. The van der Waals surface area contributed by atoms with Crippen molar-refractivity contribution in [3.8, 4) is 0 Å². The number of rotatable bonds is 4. The second kappa shape index (κ2) is 5.02. The summed E-state index contributed by atoms with van der Waals surface area (Å²) in [4.78, 5) is 2.49. The maximum absolute atomic E-state index is 11.1. The van der Waals surface area contributed by atoms with Crippen molar-refractivity contribution < 1.29 is 8.42 Å². The molecule has 16 heavy (non-hydrogen) atoms. The van der Waals surface area contributed by atoms with Crippen molar-refractivity contribution in [2.75, 3.05) is 38.2 Å². The highest BCUT2D eigenvalue weighted by molar-refractivity contribution is 7.90. The molecular weight excluding hydrogens is 224 g/mol. The molecule has 2 saturated heterocycles. The molecule has 0 aromatic carbocycles. The van der Waals surface area contributed by atoms with Gasteiger partial charge in [0.2, 0.25) is 0 Å². The van der Waals surface area contributed by atoms with Gasteiger partial charge in [0.25, 0.3) is 0 Å². The minimum absolute atomic E-state index is 0.328. The number of piperidine rings is 1. The standard InChI is InChI=1S/C11H22N2O2S/c1-16(14,15)7-3-6-13-5-2-4-10-8-12-9-11(10)13/h10-12H,2-9H2,1H3. The normalized spacial score (nSPS) is 31.6. The number of sulfone groups is 1. The molecule has 94 valence electrons. The number of hydrogen-bond acceptors (Lipinski definition) is 4. The van der Waals surface area contributed by atoms with Gasteiger partial charge in [0.1, 0.15) is 9.84 Å². The summed E-state index contributed by atoms with van der Waals surface area (Å²) in [6.45, 7) is 4.32. The Morgan fingerprint density at radius 1 is 1.38 bits per heavy atom. The van der Waals surface area contributed by atoms with Gasteiger partial charge in [-0.05, 0) is 44.8 Å². The summed E-state index contributed by atoms with van der Waals surface area (Å²) in [7, 11) is -2.79. The summed E-state index contributed by atoms with van der Waals surface area (Å²) in [6.07, 6.45) is 4.70. The monoisotopic (exact) mass is 246 g/mol. The third kappa shape index (κ3) is 3.18. The van der Waals surface area contributed by atoms with Gasteiger partial charge in [-0.3, -0.25) is 4.90 Å². The van der Waals surface area contributed by atoms with E-state index < -0.39 is 9.84 Å². The molecule has 0 spiro atoms. The quantitative estimate of drug-likeness (QED) is 0.764. The fourth-order valence-corrected chi connectivity index (χ4v) is 3.62. The van der Waals surface area contributed by atoms with Crippen LogP contribution in [0.5, 0.6) is 0 Å². The van der Waals surface area contributed by atoms with E-state index in [1.54, 1.807) is 0 Å². The SMILES string of the molecule is CS(=O)(=O)CCCN1CCCC2CNCC21. The molecule has 5 heteroatoms. The van der Waals surface area contributed by atoms with Crippen LogP contribution in [0.1, 0.15) is 19.3 Å². The number of nitrogens with one attached hydrogen (secondary N) is 1. The first-order valence-electron chi connectivity index (χ1n) is 6.19. The number of hydrogen-bond donors (Lipinski definition) is 1. The van der Waals surface area contributed by atoms with E-state index in [0.717, 1.165) is 38.5 Å². The molecular formula is C11H22N2O2S. The topological polar surface area (TPSA) is 49.4 Å². The van der Waals surface area contributed by atoms with E-state index in [2.05, 4.69) is 10.2 Å². The lowest BCUT2D eigenvalue weighted by Crippen LogP contribution is -2.45. The van der Waals surface area contributed by atoms with Crippen LogP contribution in [-0.4, -0.2) is 57.5 Å². The molecule has 0 saturated carbocycles. The molecule has 2 heterocycles. The van der Waals surface area contributed by atoms with E-state index in [1.165, 1.54) is 19.1 Å². The van der Waals surface area contributed by atoms with Crippen molar-refractivity contribution in [2.24, 2.45) is 5.92 Å². The fraction of sp³-hybridized carbons (Fsp3) is 1.00. The predicted octanol–water partition coefficient (Wildman–Crippen LogP) is 0.105. The molecule has 2 rings (SSSR count). The number of nitrogens with zero attached hydrogens (tertiary/aromatic N) is 1. The highest BCUT2D eigenvalue weighted by atomic mass is 32.2. The van der Waals surface area contributed by atoms with Gasteiger partial charge >= 0.3 is 0 Å². The van der Waals surface area contributed by atoms with Gasteiger partial charge < -0.3 is 5.32 Å². The molecule has 0 bridgehead atoms. The molecule has 2 atom stereocenters. The third-order valence-corrected chi connectivity index (χ3v) is 4.78. The summed E-state index contributed by atoms with van der Waals surface area (Å²) >= 11 is 0. The van der Waals surface area contributed by atoms with E-state index in [0.29, 0.717) is 11.8 Å². The van der Waals surface area contributed by atoms with E-state index >= 15 is 0 Å². The summed E-state index contributed by atoms with van der Waals surface area (Å²) in [6, 6.07) is 0.660. The molecule has 2 aliphatic heterocycles. The Morgan fingerprint density at radius 2 is 2.19 bits per heavy atom. The Balaban J connectivity index is 1.80. The largest absolute Gasteiger partial charge is 0.315 e. The van der Waals surface area contributed by atoms with E-state index in [1.807, 2.05) is 0 Å². The zero-order valence-corrected chi connectivity index (χ0v) is 10.8. The molecule has 0 radical (unpaired) electrons. The van der Waals surface area contributed by atoms with E-state index in [-0.39, 0.29) is 0 Å². The van der Waals surface area contributed by atoms with Crippen molar-refractivity contribution in [3.05, 3.63) is 0 Å². The van der Waals surface area contributed by atoms with Gasteiger partial charge in [-0.15, -0.1) is 0 Å². The lowest BCUT2D eigenvalue weighted by molar-refractivity contribution is 0.125. The minimum atomic E-state index is -2.79. The highest BCUT2D eigenvalue weighted by Crippen LogP contribution is 2.26. The lowest BCUT2D eigenvalue weighted by atomic mass is 9.92. The molecule has 0 aliphatic carbocycles. The number of fused-ring (bicyclic) bond motifs is 1. The van der Waals surface area contributed by atoms with Gasteiger partial charge in [-0.2, -0.15) is 0 Å². The Morgan fingerprint density at radius 3 is 2.94 bits per heavy atom. The summed E-state index contributed by atoms with van der Waals surface area (Å²) < 4.78 is 22.1. The van der Waals surface area contributed by atoms with Crippen molar-refractivity contribution in [1.82, 2.24) is 10.2 Å². The molecule has 1 N–H and O–H groups in total. The zero-order valence-electron chi connectivity index (χ0n) is 9.98. The Hall–Kier alpha value is -0.130. The van der Waals surface area contributed by atoms with Gasteiger partial charge in [-0.1, -0.05) is 0 Å². The Labute approximate surface area is 98.3 Å². The summed E-state index contributed by atoms with van der Waals surface area (Å²) in [5.41, 5.74) is 0. The maximum atomic E-state index is 11.1. The lowest BCUT2D eigenvalue weighted by Gasteiger charge is -2.37. The van der Waals surface area contributed by atoms with Crippen LogP contribution in [0.3, 0.4) is 0 Å². The Bertz CT molecular complexity index is 329. The van der Waals surface area contributed by atoms with Crippen LogP contribution in [-0.2, 0) is 9.84 Å². The van der Waals surface area contributed by atoms with Crippen molar-refractivity contribution in [2.45, 2.75) is 25.3 Å². The van der Waals surface area contributed by atoms with Gasteiger partial charge in [-0.25, -0.2) is 8.42 Å². The van der Waals surface area contributed by atoms with Gasteiger partial charge in [0, 0.05) is 18.8 Å². The predicted molar refractivity (Wildman–Crippen MR) is 65.3 cm³/mol. The van der Waals surface area contributed by atoms with Crippen LogP contribution < -0.4 is 5.32 Å².